The van der Waals surface area contributed by atoms with E-state index < -0.39 is 6.10 Å². The molecule has 2 N–H and O–H groups in total. The molecule has 1 heterocycles. The quantitative estimate of drug-likeness (QED) is 0.849. The van der Waals surface area contributed by atoms with Gasteiger partial charge in [0.15, 0.2) is 0 Å². The van der Waals surface area contributed by atoms with Crippen LogP contribution in [-0.2, 0) is 0 Å². The molecule has 0 bridgehead atoms. The topological polar surface area (TPSA) is 32.3 Å². The molecular formula is C14H20ClNO. The Morgan fingerprint density at radius 2 is 2.00 bits per heavy atom. The lowest BCUT2D eigenvalue weighted by molar-refractivity contribution is 0.114. The minimum absolute atomic E-state index is 0.142. The zero-order valence-electron chi connectivity index (χ0n) is 10.5. The van der Waals surface area contributed by atoms with Gasteiger partial charge in [0, 0.05) is 16.6 Å². The molecule has 2 atom stereocenters. The average molecular weight is 254 g/mol. The summed E-state index contributed by atoms with van der Waals surface area (Å²) in [6.07, 6.45) is 2.90. The van der Waals surface area contributed by atoms with E-state index in [1.165, 1.54) is 24.0 Å². The van der Waals surface area contributed by atoms with E-state index in [1.807, 2.05) is 19.1 Å². The van der Waals surface area contributed by atoms with E-state index >= 15 is 0 Å². The molecule has 0 amide bonds. The van der Waals surface area contributed by atoms with E-state index in [-0.39, 0.29) is 6.04 Å². The molecule has 0 spiro atoms. The van der Waals surface area contributed by atoms with E-state index in [1.54, 1.807) is 0 Å². The van der Waals surface area contributed by atoms with Crippen molar-refractivity contribution in [3.8, 4) is 0 Å². The fourth-order valence-electron chi connectivity index (χ4n) is 2.39. The summed E-state index contributed by atoms with van der Waals surface area (Å²) in [5.74, 6) is 0. The Morgan fingerprint density at radius 1 is 1.29 bits per heavy atom. The first-order valence-electron chi connectivity index (χ1n) is 6.27. The highest BCUT2D eigenvalue weighted by atomic mass is 35.5. The van der Waals surface area contributed by atoms with Gasteiger partial charge in [-0.2, -0.15) is 0 Å². The first kappa shape index (κ1) is 12.9. The molecule has 1 aromatic rings. The Balaban J connectivity index is 2.23. The SMILES string of the molecule is Cc1cc(Cl)c(C(O)C2CCCCN2)cc1C. The summed E-state index contributed by atoms with van der Waals surface area (Å²) in [5.41, 5.74) is 3.20. The van der Waals surface area contributed by atoms with Crippen molar-refractivity contribution in [1.82, 2.24) is 5.32 Å². The summed E-state index contributed by atoms with van der Waals surface area (Å²) >= 11 is 6.23. The maximum Gasteiger partial charge on any atom is 0.0957 e. The third-order valence-corrected chi connectivity index (χ3v) is 3.99. The Labute approximate surface area is 108 Å². The molecule has 0 saturated carbocycles. The van der Waals surface area contributed by atoms with Crippen LogP contribution >= 0.6 is 11.6 Å². The highest BCUT2D eigenvalue weighted by molar-refractivity contribution is 6.31. The summed E-state index contributed by atoms with van der Waals surface area (Å²) in [6, 6.07) is 4.10. The van der Waals surface area contributed by atoms with E-state index in [9.17, 15) is 5.11 Å². The van der Waals surface area contributed by atoms with Crippen molar-refractivity contribution >= 4 is 11.6 Å². The number of aryl methyl sites for hydroxylation is 2. The van der Waals surface area contributed by atoms with Crippen LogP contribution in [0.25, 0.3) is 0 Å². The maximum atomic E-state index is 10.4. The van der Waals surface area contributed by atoms with Crippen LogP contribution in [0.15, 0.2) is 12.1 Å². The summed E-state index contributed by atoms with van der Waals surface area (Å²) in [7, 11) is 0. The molecule has 2 unspecified atom stereocenters. The largest absolute Gasteiger partial charge is 0.387 e. The van der Waals surface area contributed by atoms with Crippen LogP contribution in [0.2, 0.25) is 5.02 Å². The molecule has 2 rings (SSSR count). The van der Waals surface area contributed by atoms with Gasteiger partial charge in [0.1, 0.15) is 0 Å². The number of nitrogens with one attached hydrogen (secondary N) is 1. The summed E-state index contributed by atoms with van der Waals surface area (Å²) < 4.78 is 0. The summed E-state index contributed by atoms with van der Waals surface area (Å²) in [6.45, 7) is 5.08. The zero-order chi connectivity index (χ0) is 12.4. The van der Waals surface area contributed by atoms with Crippen LogP contribution in [-0.4, -0.2) is 17.7 Å². The Kier molecular flexibility index (Phi) is 4.08. The van der Waals surface area contributed by atoms with Gasteiger partial charge in [0.05, 0.1) is 6.10 Å². The van der Waals surface area contributed by atoms with Crippen molar-refractivity contribution in [2.75, 3.05) is 6.54 Å². The number of piperidine rings is 1. The van der Waals surface area contributed by atoms with Gasteiger partial charge in [0.25, 0.3) is 0 Å². The first-order chi connectivity index (χ1) is 8.09. The molecule has 1 fully saturated rings. The molecule has 1 aliphatic heterocycles. The van der Waals surface area contributed by atoms with Crippen LogP contribution in [0.5, 0.6) is 0 Å². The maximum absolute atomic E-state index is 10.4. The minimum atomic E-state index is -0.498. The highest BCUT2D eigenvalue weighted by Gasteiger charge is 2.24. The molecule has 17 heavy (non-hydrogen) atoms. The summed E-state index contributed by atoms with van der Waals surface area (Å²) in [5, 5.41) is 14.4. The highest BCUT2D eigenvalue weighted by Crippen LogP contribution is 2.30. The number of hydrogen-bond acceptors (Lipinski definition) is 2. The van der Waals surface area contributed by atoms with Crippen LogP contribution in [0.3, 0.4) is 0 Å². The lowest BCUT2D eigenvalue weighted by Gasteiger charge is -2.29. The molecule has 0 aromatic heterocycles. The molecule has 2 nitrogen and oxygen atoms in total. The zero-order valence-corrected chi connectivity index (χ0v) is 11.2. The molecule has 1 aliphatic rings. The average Bonchev–Trinajstić information content (AvgIpc) is 2.34. The van der Waals surface area contributed by atoms with Crippen LogP contribution in [0, 0.1) is 13.8 Å². The van der Waals surface area contributed by atoms with Crippen LogP contribution in [0.1, 0.15) is 42.1 Å². The van der Waals surface area contributed by atoms with Gasteiger partial charge in [-0.1, -0.05) is 24.1 Å². The third-order valence-electron chi connectivity index (χ3n) is 3.66. The van der Waals surface area contributed by atoms with E-state index in [2.05, 4.69) is 12.2 Å². The fraction of sp³-hybridized carbons (Fsp3) is 0.571. The number of rotatable bonds is 2. The number of benzene rings is 1. The Bertz CT molecular complexity index is 399. The second kappa shape index (κ2) is 5.38. The van der Waals surface area contributed by atoms with Crippen molar-refractivity contribution < 1.29 is 5.11 Å². The number of aliphatic hydroxyl groups excluding tert-OH is 1. The number of aliphatic hydroxyl groups is 1. The molecule has 1 saturated heterocycles. The number of hydrogen-bond donors (Lipinski definition) is 2. The lowest BCUT2D eigenvalue weighted by atomic mass is 9.93. The van der Waals surface area contributed by atoms with E-state index in [0.29, 0.717) is 5.02 Å². The molecule has 0 aliphatic carbocycles. The van der Waals surface area contributed by atoms with Gasteiger partial charge < -0.3 is 10.4 Å². The fourth-order valence-corrected chi connectivity index (χ4v) is 2.72. The second-order valence-corrected chi connectivity index (χ2v) is 5.37. The van der Waals surface area contributed by atoms with Crippen molar-refractivity contribution in [2.24, 2.45) is 0 Å². The molecule has 1 aromatic carbocycles. The van der Waals surface area contributed by atoms with Crippen LogP contribution in [0.4, 0.5) is 0 Å². The molecule has 94 valence electrons. The Hall–Kier alpha value is -0.570. The Morgan fingerprint density at radius 3 is 2.65 bits per heavy atom. The van der Waals surface area contributed by atoms with Crippen molar-refractivity contribution in [3.05, 3.63) is 33.8 Å². The van der Waals surface area contributed by atoms with Gasteiger partial charge in [-0.3, -0.25) is 0 Å². The number of halogens is 1. The normalized spacial score (nSPS) is 22.5. The second-order valence-electron chi connectivity index (χ2n) is 4.96. The first-order valence-corrected chi connectivity index (χ1v) is 6.65. The van der Waals surface area contributed by atoms with Gasteiger partial charge >= 0.3 is 0 Å². The predicted octanol–water partition coefficient (Wildman–Crippen LogP) is 3.13. The van der Waals surface area contributed by atoms with Crippen LogP contribution < -0.4 is 5.32 Å². The van der Waals surface area contributed by atoms with E-state index in [0.717, 1.165) is 18.5 Å². The van der Waals surface area contributed by atoms with Gasteiger partial charge in [-0.05, 0) is 50.4 Å². The van der Waals surface area contributed by atoms with Gasteiger partial charge in [-0.15, -0.1) is 0 Å². The third kappa shape index (κ3) is 2.82. The minimum Gasteiger partial charge on any atom is -0.387 e. The van der Waals surface area contributed by atoms with E-state index in [4.69, 9.17) is 11.6 Å². The predicted molar refractivity (Wildman–Crippen MR) is 71.5 cm³/mol. The standard InChI is InChI=1S/C14H20ClNO/c1-9-7-11(12(15)8-10(9)2)14(17)13-5-3-4-6-16-13/h7-8,13-14,16-17H,3-6H2,1-2H3. The molecule has 3 heteroatoms. The lowest BCUT2D eigenvalue weighted by Crippen LogP contribution is -2.38. The van der Waals surface area contributed by atoms with Crippen molar-refractivity contribution in [2.45, 2.75) is 45.3 Å². The smallest absolute Gasteiger partial charge is 0.0957 e. The monoisotopic (exact) mass is 253 g/mol. The molecule has 0 radical (unpaired) electrons. The van der Waals surface area contributed by atoms with Crippen molar-refractivity contribution in [1.29, 1.82) is 0 Å². The summed E-state index contributed by atoms with van der Waals surface area (Å²) in [4.78, 5) is 0. The van der Waals surface area contributed by atoms with Gasteiger partial charge in [0.2, 0.25) is 0 Å². The van der Waals surface area contributed by atoms with Crippen molar-refractivity contribution in [3.63, 3.8) is 0 Å². The van der Waals surface area contributed by atoms with Gasteiger partial charge in [-0.25, -0.2) is 0 Å². The molecular weight excluding hydrogens is 234 g/mol.